The number of anilines is 12. The normalized spacial score (nSPS) is 13.2. The Morgan fingerprint density at radius 3 is 1.23 bits per heavy atom. The van der Waals surface area contributed by atoms with E-state index in [1.54, 1.807) is 0 Å². The molecule has 22 rings (SSSR count). The number of fused-ring (bicyclic) bond motifs is 16. The standard InChI is InChI=1S/C59H55BN4.C55H47BN4/c1-57(2,3)39-24-27-43(28-25-39)62(50-33-30-45(38-18-12-10-13-19-38)46-22-16-17-23-47(46)50)44-29-31-48-52(37-44)63(42-20-14-11-15-21-42)53-35-41(59(7,8)9)36-54-55(53)60(48)56-61-49-34-40(58(4,5)6)26-32-51(49)64(54)56;1-54(2,3)38-23-27-41(28-24-38)58(42-29-25-39(26-30-42)55(4,5)6)43-31-32-46-51(35-43)59(40-16-8-7-9-17-40)49-20-13-21-50-52(49)56(46)53-57-47-34-37(22-33-48(47)60(50)53)45-19-12-15-36-14-10-11-18-44(36)45/h10-37H,1-9H3;7-35H,1-6H3. The van der Waals surface area contributed by atoms with Crippen molar-refractivity contribution >= 4 is 159 Å². The summed E-state index contributed by atoms with van der Waals surface area (Å²) in [6.45, 7) is 34.3. The molecule has 16 aromatic carbocycles. The van der Waals surface area contributed by atoms with Gasteiger partial charge in [0.2, 0.25) is 0 Å². The summed E-state index contributed by atoms with van der Waals surface area (Å²) in [5.41, 5.74) is 39.2. The minimum atomic E-state index is -0.0902. The zero-order valence-corrected chi connectivity index (χ0v) is 73.6. The van der Waals surface area contributed by atoms with Gasteiger partial charge in [-0.1, -0.05) is 310 Å². The van der Waals surface area contributed by atoms with Crippen LogP contribution in [0.1, 0.15) is 132 Å². The number of hydrogen-bond acceptors (Lipinski definition) is 6. The SMILES string of the molecule is CC(C)(C)c1ccc(N(c2ccc(C(C)(C)C)cc2)c2ccc3c(c2)N(c2ccccc2)c2cccc4c2B3c2nc3cc(-c5cccc6ccccc56)ccc3n2-4)cc1.CC(C)(C)c1ccc(N(c2ccc3c(c2)N(c2ccccc2)c2cc(C(C)(C)C)cc4c2B3c2nc3cc(C(C)(C)C)ccc3n2-4)c2ccc(-c3ccccc3)c3ccccc23)cc1. The van der Waals surface area contributed by atoms with Crippen molar-refractivity contribution in [3.63, 3.8) is 0 Å². The molecule has 2 aromatic heterocycles. The Kier molecular flexibility index (Phi) is 18.1. The van der Waals surface area contributed by atoms with Gasteiger partial charge in [-0.25, -0.2) is 9.97 Å². The van der Waals surface area contributed by atoms with E-state index in [1.165, 1.54) is 116 Å². The summed E-state index contributed by atoms with van der Waals surface area (Å²) >= 11 is 0. The molecular weight excluding hydrogens is 1500 g/mol. The molecule has 0 saturated carbocycles. The second-order valence-corrected chi connectivity index (χ2v) is 39.5. The molecule has 4 aliphatic heterocycles. The average molecular weight is 1610 g/mol. The van der Waals surface area contributed by atoms with Gasteiger partial charge in [0.25, 0.3) is 13.4 Å². The van der Waals surface area contributed by atoms with E-state index >= 15 is 0 Å². The molecule has 604 valence electrons. The maximum absolute atomic E-state index is 5.58. The molecule has 0 fully saturated rings. The van der Waals surface area contributed by atoms with Crippen LogP contribution in [0.25, 0.3) is 77.2 Å². The molecule has 4 aliphatic rings. The zero-order valence-electron chi connectivity index (χ0n) is 73.6. The van der Waals surface area contributed by atoms with Crippen LogP contribution in [0.5, 0.6) is 0 Å². The van der Waals surface area contributed by atoms with E-state index in [0.29, 0.717) is 0 Å². The van der Waals surface area contributed by atoms with Gasteiger partial charge in [-0.3, -0.25) is 0 Å². The van der Waals surface area contributed by atoms with Crippen LogP contribution in [0.2, 0.25) is 0 Å². The van der Waals surface area contributed by atoms with Crippen LogP contribution in [0.15, 0.2) is 346 Å². The maximum atomic E-state index is 5.58. The van der Waals surface area contributed by atoms with Crippen molar-refractivity contribution in [2.75, 3.05) is 19.6 Å². The Bertz CT molecular complexity index is 7190. The maximum Gasteiger partial charge on any atom is 0.294 e. The smallest absolute Gasteiger partial charge is 0.294 e. The van der Waals surface area contributed by atoms with Gasteiger partial charge in [-0.05, 0) is 255 Å². The highest BCUT2D eigenvalue weighted by atomic mass is 15.2. The van der Waals surface area contributed by atoms with Gasteiger partial charge in [0.15, 0.2) is 0 Å². The zero-order chi connectivity index (χ0) is 85.2. The third-order valence-corrected chi connectivity index (χ3v) is 26.3. The molecule has 0 unspecified atom stereocenters. The van der Waals surface area contributed by atoms with Crippen LogP contribution in [-0.2, 0) is 27.1 Å². The fourth-order valence-corrected chi connectivity index (χ4v) is 19.7. The first-order chi connectivity index (χ1) is 59.7. The molecule has 0 bridgehead atoms. The number of para-hydroxylation sites is 2. The van der Waals surface area contributed by atoms with Gasteiger partial charge >= 0.3 is 0 Å². The highest BCUT2D eigenvalue weighted by molar-refractivity contribution is 7.00. The Hall–Kier alpha value is -13.7. The first-order valence-electron chi connectivity index (χ1n) is 44.0. The number of benzene rings is 16. The second-order valence-electron chi connectivity index (χ2n) is 39.5. The molecule has 18 aromatic rings. The quantitative estimate of drug-likeness (QED) is 0.127. The van der Waals surface area contributed by atoms with Crippen molar-refractivity contribution in [3.8, 4) is 33.6 Å². The summed E-state index contributed by atoms with van der Waals surface area (Å²) in [5, 5.41) is 4.92. The molecule has 0 aliphatic carbocycles. The van der Waals surface area contributed by atoms with Gasteiger partial charge in [-0.2, -0.15) is 0 Å². The van der Waals surface area contributed by atoms with Crippen molar-refractivity contribution in [1.29, 1.82) is 0 Å². The Labute approximate surface area is 730 Å². The molecule has 0 saturated heterocycles. The average Bonchev–Trinajstić information content (AvgIpc) is 1.53. The lowest BCUT2D eigenvalue weighted by Crippen LogP contribution is -2.55. The first-order valence-corrected chi connectivity index (χ1v) is 44.0. The highest BCUT2D eigenvalue weighted by Crippen LogP contribution is 2.50. The Morgan fingerprint density at radius 2 is 0.669 bits per heavy atom. The van der Waals surface area contributed by atoms with Crippen LogP contribution in [0, 0.1) is 0 Å². The number of imidazole rings is 2. The Balaban J connectivity index is 0.000000152. The van der Waals surface area contributed by atoms with E-state index in [0.717, 1.165) is 90.4 Å². The lowest BCUT2D eigenvalue weighted by molar-refractivity contribution is 0.590. The second kappa shape index (κ2) is 29.0. The predicted molar refractivity (Wildman–Crippen MR) is 530 cm³/mol. The molecule has 10 heteroatoms. The number of rotatable bonds is 10. The molecule has 124 heavy (non-hydrogen) atoms. The monoisotopic (exact) mass is 1600 g/mol. The highest BCUT2D eigenvalue weighted by Gasteiger charge is 2.48. The van der Waals surface area contributed by atoms with Gasteiger partial charge < -0.3 is 28.7 Å². The van der Waals surface area contributed by atoms with Crippen LogP contribution in [0.4, 0.5) is 68.2 Å². The molecule has 0 spiro atoms. The molecule has 0 N–H and O–H groups in total. The van der Waals surface area contributed by atoms with Crippen molar-refractivity contribution in [2.45, 2.75) is 131 Å². The number of nitrogens with zero attached hydrogens (tertiary/aromatic N) is 8. The van der Waals surface area contributed by atoms with Crippen LogP contribution >= 0.6 is 0 Å². The van der Waals surface area contributed by atoms with E-state index in [9.17, 15) is 0 Å². The summed E-state index contributed by atoms with van der Waals surface area (Å²) in [6, 6.07) is 128. The summed E-state index contributed by atoms with van der Waals surface area (Å²) < 4.78 is 4.88. The molecule has 8 nitrogen and oxygen atoms in total. The van der Waals surface area contributed by atoms with E-state index in [-0.39, 0.29) is 40.5 Å². The topological polar surface area (TPSA) is 48.6 Å². The Morgan fingerprint density at radius 1 is 0.258 bits per heavy atom. The lowest BCUT2D eigenvalue weighted by atomic mass is 9.39. The summed E-state index contributed by atoms with van der Waals surface area (Å²) in [4.78, 5) is 21.0. The number of hydrogen-bond donors (Lipinski definition) is 0. The van der Waals surface area contributed by atoms with Crippen molar-refractivity contribution < 1.29 is 0 Å². The lowest BCUT2D eigenvalue weighted by Gasteiger charge is -2.37. The molecule has 0 atom stereocenters. The van der Waals surface area contributed by atoms with E-state index in [4.69, 9.17) is 9.97 Å². The third-order valence-electron chi connectivity index (χ3n) is 26.3. The van der Waals surface area contributed by atoms with Crippen LogP contribution in [-0.4, -0.2) is 32.5 Å². The fourth-order valence-electron chi connectivity index (χ4n) is 19.7. The van der Waals surface area contributed by atoms with Gasteiger partial charge in [0.05, 0.1) is 39.2 Å². The van der Waals surface area contributed by atoms with Crippen molar-refractivity contribution in [3.05, 3.63) is 374 Å². The van der Waals surface area contributed by atoms with E-state index < -0.39 is 0 Å². The van der Waals surface area contributed by atoms with E-state index in [2.05, 4.69) is 478 Å². The fraction of sp³-hybridized carbons (Fsp3) is 0.175. The third kappa shape index (κ3) is 13.0. The summed E-state index contributed by atoms with van der Waals surface area (Å²) in [6.07, 6.45) is 0. The van der Waals surface area contributed by atoms with Crippen LogP contribution < -0.4 is 52.9 Å². The summed E-state index contributed by atoms with van der Waals surface area (Å²) in [5.74, 6) is 0. The minimum absolute atomic E-state index is 0.0168. The molecule has 0 radical (unpaired) electrons. The van der Waals surface area contributed by atoms with Gasteiger partial charge in [0, 0.05) is 79.3 Å². The first kappa shape index (κ1) is 77.6. The van der Waals surface area contributed by atoms with Gasteiger partial charge in [0.1, 0.15) is 0 Å². The van der Waals surface area contributed by atoms with Crippen molar-refractivity contribution in [1.82, 2.24) is 19.1 Å². The molecule has 0 amide bonds. The minimum Gasteiger partial charge on any atom is -0.311 e. The van der Waals surface area contributed by atoms with Crippen molar-refractivity contribution in [2.24, 2.45) is 0 Å². The molecule has 6 heterocycles. The molecular formula is C114H102B2N8. The summed E-state index contributed by atoms with van der Waals surface area (Å²) in [7, 11) is 0. The predicted octanol–water partition coefficient (Wildman–Crippen LogP) is 26.3. The van der Waals surface area contributed by atoms with Crippen LogP contribution in [0.3, 0.4) is 0 Å². The van der Waals surface area contributed by atoms with E-state index in [1.807, 2.05) is 0 Å². The van der Waals surface area contributed by atoms with Gasteiger partial charge in [-0.15, -0.1) is 0 Å². The largest absolute Gasteiger partial charge is 0.311 e. The number of aromatic nitrogens is 4.